The molecule has 2 fully saturated rings. The second kappa shape index (κ2) is 10.1. The van der Waals surface area contributed by atoms with Crippen LogP contribution in [-0.4, -0.2) is 47.0 Å². The smallest absolute Gasteiger partial charge is 0.310 e. The number of allylic oxidation sites excluding steroid dienone is 1. The first kappa shape index (κ1) is 22.9. The topological polar surface area (TPSA) is 122 Å². The van der Waals surface area contributed by atoms with Crippen molar-refractivity contribution in [2.45, 2.75) is 50.5 Å². The van der Waals surface area contributed by atoms with Crippen LogP contribution >= 0.6 is 0 Å². The van der Waals surface area contributed by atoms with Gasteiger partial charge in [0, 0.05) is 17.9 Å². The number of ketones is 1. The van der Waals surface area contributed by atoms with E-state index < -0.39 is 36.2 Å². The molecular formula is C25H28N2O6. The van der Waals surface area contributed by atoms with Gasteiger partial charge in [-0.3, -0.25) is 19.2 Å². The maximum absolute atomic E-state index is 13.5. The molecule has 1 heterocycles. The molecule has 0 bridgehead atoms. The van der Waals surface area contributed by atoms with E-state index in [0.29, 0.717) is 19.3 Å². The highest BCUT2D eigenvalue weighted by atomic mass is 16.6. The Bertz CT molecular complexity index is 972. The summed E-state index contributed by atoms with van der Waals surface area (Å²) >= 11 is 0. The standard InChI is InChI=1S/C25H28N2O6/c28-20(13-10-15-6-2-1-3-7-15)26-18-9-5-4-8-16-11-12-17(22(16)23(18)30)24(31)27-19-14-21(29)33-25(19)32/h1-7,10,13,16-19,22,25,32H,8-9,11-12,14H2,(H,26,28)(H,27,31). The van der Waals surface area contributed by atoms with Crippen LogP contribution in [0, 0.1) is 17.8 Å². The average molecular weight is 453 g/mol. The largest absolute Gasteiger partial charge is 0.434 e. The number of carbonyl (C=O) groups excluding carboxylic acids is 4. The van der Waals surface area contributed by atoms with Gasteiger partial charge in [-0.25, -0.2) is 0 Å². The van der Waals surface area contributed by atoms with Crippen molar-refractivity contribution >= 4 is 29.6 Å². The zero-order valence-corrected chi connectivity index (χ0v) is 18.2. The third kappa shape index (κ3) is 5.39. The van der Waals surface area contributed by atoms with Crippen LogP contribution in [0.25, 0.3) is 6.08 Å². The van der Waals surface area contributed by atoms with E-state index in [9.17, 15) is 24.3 Å². The Labute approximate surface area is 192 Å². The van der Waals surface area contributed by atoms with Crippen LogP contribution in [-0.2, 0) is 23.9 Å². The first-order valence-corrected chi connectivity index (χ1v) is 11.3. The molecule has 1 saturated heterocycles. The normalized spacial score (nSPS) is 31.5. The van der Waals surface area contributed by atoms with Crippen molar-refractivity contribution in [3.8, 4) is 0 Å². The van der Waals surface area contributed by atoms with E-state index in [-0.39, 0.29) is 29.9 Å². The average Bonchev–Trinajstić information content (AvgIpc) is 3.35. The van der Waals surface area contributed by atoms with Gasteiger partial charge in [0.1, 0.15) is 6.04 Å². The van der Waals surface area contributed by atoms with E-state index in [1.54, 1.807) is 6.08 Å². The molecule has 1 aromatic carbocycles. The number of aliphatic hydroxyl groups excluding tert-OH is 1. The lowest BCUT2D eigenvalue weighted by atomic mass is 9.78. The van der Waals surface area contributed by atoms with Gasteiger partial charge in [-0.05, 0) is 43.2 Å². The molecule has 1 aliphatic heterocycles. The molecule has 0 aromatic heterocycles. The van der Waals surface area contributed by atoms with Gasteiger partial charge in [0.25, 0.3) is 0 Å². The van der Waals surface area contributed by atoms with Crippen LogP contribution < -0.4 is 10.6 Å². The fourth-order valence-corrected chi connectivity index (χ4v) is 4.97. The number of amides is 2. The maximum Gasteiger partial charge on any atom is 0.310 e. The summed E-state index contributed by atoms with van der Waals surface area (Å²) in [7, 11) is 0. The minimum atomic E-state index is -1.38. The van der Waals surface area contributed by atoms with E-state index >= 15 is 0 Å². The number of fused-ring (bicyclic) bond motifs is 1. The van der Waals surface area contributed by atoms with Crippen LogP contribution in [0.1, 0.15) is 37.7 Å². The van der Waals surface area contributed by atoms with Crippen molar-refractivity contribution in [1.29, 1.82) is 0 Å². The van der Waals surface area contributed by atoms with E-state index in [4.69, 9.17) is 0 Å². The summed E-state index contributed by atoms with van der Waals surface area (Å²) < 4.78 is 4.69. The molecule has 174 valence electrons. The zero-order valence-electron chi connectivity index (χ0n) is 18.2. The second-order valence-electron chi connectivity index (χ2n) is 8.82. The SMILES string of the molecule is O=C(C=Cc1ccccc1)NC1CC=CCC2CCC(C(=O)NC3CC(=O)OC3O)C2C1=O. The molecule has 8 heteroatoms. The zero-order chi connectivity index (χ0) is 23.4. The van der Waals surface area contributed by atoms with Gasteiger partial charge in [-0.15, -0.1) is 0 Å². The molecule has 2 amide bonds. The number of Topliss-reactive ketones (excluding diaryl/α,β-unsaturated/α-hetero) is 1. The summed E-state index contributed by atoms with van der Waals surface area (Å²) in [6, 6.07) is 7.85. The molecule has 33 heavy (non-hydrogen) atoms. The summed E-state index contributed by atoms with van der Waals surface area (Å²) in [6.45, 7) is 0. The second-order valence-corrected chi connectivity index (χ2v) is 8.82. The molecule has 3 N–H and O–H groups in total. The summed E-state index contributed by atoms with van der Waals surface area (Å²) in [5.74, 6) is -2.55. The minimum absolute atomic E-state index is 0.00967. The molecule has 0 spiro atoms. The summed E-state index contributed by atoms with van der Waals surface area (Å²) in [4.78, 5) is 50.3. The first-order valence-electron chi connectivity index (χ1n) is 11.3. The number of benzene rings is 1. The van der Waals surface area contributed by atoms with Gasteiger partial charge >= 0.3 is 5.97 Å². The van der Waals surface area contributed by atoms with Crippen LogP contribution in [0.2, 0.25) is 0 Å². The Kier molecular flexibility index (Phi) is 7.03. The molecule has 0 radical (unpaired) electrons. The monoisotopic (exact) mass is 452 g/mol. The molecule has 6 unspecified atom stereocenters. The number of hydrogen-bond donors (Lipinski definition) is 3. The van der Waals surface area contributed by atoms with Gasteiger partial charge < -0.3 is 20.5 Å². The van der Waals surface area contributed by atoms with Crippen molar-refractivity contribution in [2.24, 2.45) is 17.8 Å². The highest BCUT2D eigenvalue weighted by Crippen LogP contribution is 2.42. The number of carbonyl (C=O) groups is 4. The van der Waals surface area contributed by atoms with Gasteiger partial charge in [0.15, 0.2) is 5.78 Å². The first-order chi connectivity index (χ1) is 15.9. The lowest BCUT2D eigenvalue weighted by Gasteiger charge is -2.29. The van der Waals surface area contributed by atoms with E-state index in [0.717, 1.165) is 12.0 Å². The highest BCUT2D eigenvalue weighted by Gasteiger charge is 2.47. The van der Waals surface area contributed by atoms with Gasteiger partial charge in [-0.1, -0.05) is 42.5 Å². The van der Waals surface area contributed by atoms with E-state index in [2.05, 4.69) is 15.4 Å². The predicted molar refractivity (Wildman–Crippen MR) is 119 cm³/mol. The molecule has 2 aliphatic carbocycles. The Morgan fingerprint density at radius 1 is 1.03 bits per heavy atom. The van der Waals surface area contributed by atoms with Crippen molar-refractivity contribution in [1.82, 2.24) is 10.6 Å². The Morgan fingerprint density at radius 3 is 2.52 bits per heavy atom. The molecule has 1 saturated carbocycles. The fourth-order valence-electron chi connectivity index (χ4n) is 4.97. The Balaban J connectivity index is 1.44. The summed E-state index contributed by atoms with van der Waals surface area (Å²) in [5, 5.41) is 15.3. The molecular weight excluding hydrogens is 424 g/mol. The lowest BCUT2D eigenvalue weighted by molar-refractivity contribution is -0.155. The van der Waals surface area contributed by atoms with Crippen LogP contribution in [0.15, 0.2) is 48.6 Å². The highest BCUT2D eigenvalue weighted by molar-refractivity contribution is 5.98. The van der Waals surface area contributed by atoms with Crippen LogP contribution in [0.3, 0.4) is 0 Å². The number of ether oxygens (including phenoxy) is 1. The molecule has 1 aromatic rings. The number of cyclic esters (lactones) is 1. The molecule has 6 atom stereocenters. The van der Waals surface area contributed by atoms with Crippen molar-refractivity contribution < 1.29 is 29.0 Å². The number of hydrogen-bond acceptors (Lipinski definition) is 6. The number of esters is 1. The van der Waals surface area contributed by atoms with Gasteiger partial charge in [0.05, 0.1) is 12.5 Å². The van der Waals surface area contributed by atoms with Crippen LogP contribution in [0.4, 0.5) is 0 Å². The van der Waals surface area contributed by atoms with Crippen molar-refractivity contribution in [2.75, 3.05) is 0 Å². The molecule has 4 rings (SSSR count). The van der Waals surface area contributed by atoms with Crippen molar-refractivity contribution in [3.05, 3.63) is 54.1 Å². The summed E-state index contributed by atoms with van der Waals surface area (Å²) in [6.07, 6.45) is 7.84. The predicted octanol–water partition coefficient (Wildman–Crippen LogP) is 1.50. The summed E-state index contributed by atoms with van der Waals surface area (Å²) in [5.41, 5.74) is 0.876. The maximum atomic E-state index is 13.5. The van der Waals surface area contributed by atoms with Crippen molar-refractivity contribution in [3.63, 3.8) is 0 Å². The van der Waals surface area contributed by atoms with Crippen LogP contribution in [0.5, 0.6) is 0 Å². The van der Waals surface area contributed by atoms with Gasteiger partial charge in [-0.2, -0.15) is 0 Å². The minimum Gasteiger partial charge on any atom is -0.434 e. The quantitative estimate of drug-likeness (QED) is 0.354. The number of aliphatic hydroxyl groups is 1. The fraction of sp³-hybridized carbons (Fsp3) is 0.440. The molecule has 3 aliphatic rings. The van der Waals surface area contributed by atoms with E-state index in [1.165, 1.54) is 6.08 Å². The van der Waals surface area contributed by atoms with E-state index in [1.807, 2.05) is 42.5 Å². The third-order valence-electron chi connectivity index (χ3n) is 6.63. The van der Waals surface area contributed by atoms with Gasteiger partial charge in [0.2, 0.25) is 18.1 Å². The Morgan fingerprint density at radius 2 is 1.79 bits per heavy atom. The molecule has 8 nitrogen and oxygen atoms in total. The Hall–Kier alpha value is -3.26. The number of nitrogens with one attached hydrogen (secondary N) is 2. The number of rotatable bonds is 5. The third-order valence-corrected chi connectivity index (χ3v) is 6.63. The lowest BCUT2D eigenvalue weighted by Crippen LogP contribution is -2.49.